The second-order valence-corrected chi connectivity index (χ2v) is 5.38. The van der Waals surface area contributed by atoms with Gasteiger partial charge in [-0.1, -0.05) is 51.9 Å². The normalized spacial score (nSPS) is 25.6. The lowest BCUT2D eigenvalue weighted by Crippen LogP contribution is -2.13. The van der Waals surface area contributed by atoms with Crippen molar-refractivity contribution in [1.82, 2.24) is 0 Å². The van der Waals surface area contributed by atoms with Crippen molar-refractivity contribution in [2.45, 2.75) is 97.1 Å². The van der Waals surface area contributed by atoms with Crippen LogP contribution in [-0.4, -0.2) is 18.5 Å². The molecule has 0 bridgehead atoms. The fourth-order valence-electron chi connectivity index (χ4n) is 2.31. The first-order valence-electron chi connectivity index (χ1n) is 7.55. The van der Waals surface area contributed by atoms with E-state index in [2.05, 4.69) is 20.8 Å². The van der Waals surface area contributed by atoms with E-state index in [4.69, 9.17) is 9.47 Å². The molecule has 0 saturated carbocycles. The summed E-state index contributed by atoms with van der Waals surface area (Å²) in [6.45, 7) is 6.46. The molecule has 0 unspecified atom stereocenters. The van der Waals surface area contributed by atoms with Gasteiger partial charge in [-0.3, -0.25) is 0 Å². The second-order valence-electron chi connectivity index (χ2n) is 5.38. The van der Waals surface area contributed by atoms with Gasteiger partial charge in [0.05, 0.1) is 12.2 Å². The van der Waals surface area contributed by atoms with E-state index in [1.807, 2.05) is 0 Å². The van der Waals surface area contributed by atoms with Gasteiger partial charge >= 0.3 is 0 Å². The van der Waals surface area contributed by atoms with Gasteiger partial charge in [-0.15, -0.1) is 0 Å². The number of unbranched alkanes of at least 4 members (excludes halogenated alkanes) is 7. The quantitative estimate of drug-likeness (QED) is 0.547. The average molecular weight is 242 g/mol. The van der Waals surface area contributed by atoms with Gasteiger partial charge in [0, 0.05) is 0 Å². The zero-order chi connectivity index (χ0) is 12.5. The first-order valence-corrected chi connectivity index (χ1v) is 7.55. The van der Waals surface area contributed by atoms with Crippen LogP contribution in [-0.2, 0) is 9.47 Å². The highest BCUT2D eigenvalue weighted by Crippen LogP contribution is 2.22. The zero-order valence-corrected chi connectivity index (χ0v) is 11.9. The number of hydrogen-bond donors (Lipinski definition) is 0. The van der Waals surface area contributed by atoms with Crippen LogP contribution in [0.5, 0.6) is 0 Å². The highest BCUT2D eigenvalue weighted by Gasteiger charge is 2.28. The summed E-state index contributed by atoms with van der Waals surface area (Å²) >= 11 is 0. The van der Waals surface area contributed by atoms with Crippen molar-refractivity contribution < 1.29 is 9.47 Å². The van der Waals surface area contributed by atoms with Crippen molar-refractivity contribution in [1.29, 1.82) is 0 Å². The Morgan fingerprint density at radius 3 is 1.71 bits per heavy atom. The van der Waals surface area contributed by atoms with Crippen molar-refractivity contribution in [3.05, 3.63) is 0 Å². The Morgan fingerprint density at radius 1 is 0.706 bits per heavy atom. The van der Waals surface area contributed by atoms with Crippen molar-refractivity contribution in [2.75, 3.05) is 0 Å². The van der Waals surface area contributed by atoms with E-state index in [1.54, 1.807) is 0 Å². The maximum absolute atomic E-state index is 5.71. The molecular weight excluding hydrogens is 212 g/mol. The highest BCUT2D eigenvalue weighted by molar-refractivity contribution is 4.69. The predicted molar refractivity (Wildman–Crippen MR) is 72.1 cm³/mol. The third kappa shape index (κ3) is 6.42. The lowest BCUT2D eigenvalue weighted by Gasteiger charge is -2.09. The molecule has 0 aromatic rings. The number of hydrogen-bond acceptors (Lipinski definition) is 2. The third-order valence-electron chi connectivity index (χ3n) is 3.69. The molecule has 102 valence electrons. The molecule has 0 N–H and O–H groups in total. The molecule has 1 rings (SSSR count). The summed E-state index contributed by atoms with van der Waals surface area (Å²) in [4.78, 5) is 0. The zero-order valence-electron chi connectivity index (χ0n) is 11.9. The van der Waals surface area contributed by atoms with Crippen LogP contribution in [0.25, 0.3) is 0 Å². The summed E-state index contributed by atoms with van der Waals surface area (Å²) in [6, 6.07) is 0. The molecule has 0 radical (unpaired) electrons. The third-order valence-corrected chi connectivity index (χ3v) is 3.69. The van der Waals surface area contributed by atoms with Crippen molar-refractivity contribution in [3.8, 4) is 0 Å². The summed E-state index contributed by atoms with van der Waals surface area (Å²) in [5.41, 5.74) is 0. The number of ether oxygens (including phenoxy) is 2. The van der Waals surface area contributed by atoms with Crippen LogP contribution in [0.15, 0.2) is 0 Å². The SMILES string of the molecule is CCCCCCCCCCC1O[C@H](C)[C@@H](C)O1. The van der Waals surface area contributed by atoms with Crippen LogP contribution in [0.3, 0.4) is 0 Å². The van der Waals surface area contributed by atoms with Crippen LogP contribution in [0.2, 0.25) is 0 Å². The molecule has 2 nitrogen and oxygen atoms in total. The summed E-state index contributed by atoms with van der Waals surface area (Å²) in [7, 11) is 0. The van der Waals surface area contributed by atoms with Gasteiger partial charge in [0.2, 0.25) is 0 Å². The summed E-state index contributed by atoms with van der Waals surface area (Å²) in [6.07, 6.45) is 12.6. The van der Waals surface area contributed by atoms with E-state index in [0.717, 1.165) is 6.42 Å². The van der Waals surface area contributed by atoms with Crippen LogP contribution in [0.1, 0.15) is 78.6 Å². The fourth-order valence-corrected chi connectivity index (χ4v) is 2.31. The van der Waals surface area contributed by atoms with Gasteiger partial charge < -0.3 is 9.47 Å². The smallest absolute Gasteiger partial charge is 0.158 e. The second kappa shape index (κ2) is 8.93. The van der Waals surface area contributed by atoms with Gasteiger partial charge in [-0.05, 0) is 26.7 Å². The Morgan fingerprint density at radius 2 is 1.18 bits per heavy atom. The van der Waals surface area contributed by atoms with E-state index < -0.39 is 0 Å². The Kier molecular flexibility index (Phi) is 7.87. The molecule has 0 aliphatic carbocycles. The molecule has 1 fully saturated rings. The van der Waals surface area contributed by atoms with Crippen LogP contribution < -0.4 is 0 Å². The van der Waals surface area contributed by atoms with E-state index >= 15 is 0 Å². The van der Waals surface area contributed by atoms with Gasteiger partial charge in [0.1, 0.15) is 0 Å². The van der Waals surface area contributed by atoms with Crippen molar-refractivity contribution in [3.63, 3.8) is 0 Å². The molecule has 1 aliphatic rings. The van der Waals surface area contributed by atoms with Crippen molar-refractivity contribution >= 4 is 0 Å². The predicted octanol–water partition coefficient (Wildman–Crippen LogP) is 4.67. The molecule has 0 aromatic carbocycles. The van der Waals surface area contributed by atoms with Gasteiger partial charge in [0.15, 0.2) is 6.29 Å². The molecule has 1 heterocycles. The minimum absolute atomic E-state index is 0.0695. The monoisotopic (exact) mass is 242 g/mol. The minimum Gasteiger partial charge on any atom is -0.347 e. The van der Waals surface area contributed by atoms with Crippen LogP contribution in [0.4, 0.5) is 0 Å². The molecule has 0 spiro atoms. The topological polar surface area (TPSA) is 18.5 Å². The summed E-state index contributed by atoms with van der Waals surface area (Å²) in [5, 5.41) is 0. The van der Waals surface area contributed by atoms with E-state index in [0.29, 0.717) is 0 Å². The van der Waals surface area contributed by atoms with Crippen molar-refractivity contribution in [2.24, 2.45) is 0 Å². The maximum atomic E-state index is 5.71. The maximum Gasteiger partial charge on any atom is 0.158 e. The molecule has 2 heteroatoms. The summed E-state index contributed by atoms with van der Waals surface area (Å²) < 4.78 is 11.4. The van der Waals surface area contributed by atoms with Crippen LogP contribution in [0, 0.1) is 0 Å². The minimum atomic E-state index is 0.0695. The van der Waals surface area contributed by atoms with E-state index in [-0.39, 0.29) is 18.5 Å². The lowest BCUT2D eigenvalue weighted by atomic mass is 10.1. The average Bonchev–Trinajstić information content (AvgIpc) is 2.62. The Balaban J connectivity index is 1.85. The molecule has 17 heavy (non-hydrogen) atoms. The largest absolute Gasteiger partial charge is 0.347 e. The Hall–Kier alpha value is -0.0800. The molecule has 0 aromatic heterocycles. The van der Waals surface area contributed by atoms with Gasteiger partial charge in [-0.25, -0.2) is 0 Å². The Labute approximate surface area is 107 Å². The molecule has 1 aliphatic heterocycles. The van der Waals surface area contributed by atoms with Gasteiger partial charge in [-0.2, -0.15) is 0 Å². The molecule has 1 saturated heterocycles. The van der Waals surface area contributed by atoms with E-state index in [9.17, 15) is 0 Å². The van der Waals surface area contributed by atoms with E-state index in [1.165, 1.54) is 51.4 Å². The number of rotatable bonds is 9. The Bertz CT molecular complexity index is 172. The fraction of sp³-hybridized carbons (Fsp3) is 1.00. The lowest BCUT2D eigenvalue weighted by molar-refractivity contribution is -0.0681. The molecular formula is C15H30O2. The highest BCUT2D eigenvalue weighted by atomic mass is 16.7. The standard InChI is InChI=1S/C15H30O2/c1-4-5-6-7-8-9-10-11-12-15-16-13(2)14(3)17-15/h13-15H,4-12H2,1-3H3/t13-,14-/m1/s1. The van der Waals surface area contributed by atoms with Crippen LogP contribution >= 0.6 is 0 Å². The summed E-state index contributed by atoms with van der Waals surface area (Å²) in [5.74, 6) is 0. The van der Waals surface area contributed by atoms with Gasteiger partial charge in [0.25, 0.3) is 0 Å². The molecule has 2 atom stereocenters. The molecule has 0 amide bonds. The first-order chi connectivity index (χ1) is 8.24. The first kappa shape index (κ1) is 15.0.